The van der Waals surface area contributed by atoms with Crippen LogP contribution in [0.5, 0.6) is 0 Å². The fraction of sp³-hybridized carbons (Fsp3) is 0.292. The number of aromatic nitrogens is 3. The summed E-state index contributed by atoms with van der Waals surface area (Å²) in [7, 11) is 0. The topological polar surface area (TPSA) is 71.8 Å². The number of fused-ring (bicyclic) bond motifs is 1. The van der Waals surface area contributed by atoms with E-state index < -0.39 is 6.04 Å². The number of unbranched alkanes of at least 4 members (excludes halogenated alkanes) is 1. The maximum Gasteiger partial charge on any atom is 0.255 e. The van der Waals surface area contributed by atoms with Crippen molar-refractivity contribution in [1.82, 2.24) is 14.8 Å². The largest absolute Gasteiger partial charge is 0.328 e. The molecule has 4 rings (SSSR count). The van der Waals surface area contributed by atoms with Crippen LogP contribution in [0.25, 0.3) is 0 Å². The third-order valence-electron chi connectivity index (χ3n) is 5.37. The Kier molecular flexibility index (Phi) is 7.32. The van der Waals surface area contributed by atoms with Gasteiger partial charge in [-0.25, -0.2) is 4.68 Å². The zero-order chi connectivity index (χ0) is 23.5. The number of nitrogens with zero attached hydrogens (tertiary/aromatic N) is 3. The molecule has 0 saturated carbocycles. The summed E-state index contributed by atoms with van der Waals surface area (Å²) in [5.74, 6) is 1.27. The van der Waals surface area contributed by atoms with Gasteiger partial charge >= 0.3 is 0 Å². The maximum atomic E-state index is 13.5. The van der Waals surface area contributed by atoms with E-state index in [1.54, 1.807) is 28.6 Å². The highest BCUT2D eigenvalue weighted by Gasteiger charge is 2.35. The highest BCUT2D eigenvalue weighted by atomic mass is 35.5. The van der Waals surface area contributed by atoms with Gasteiger partial charge < -0.3 is 10.6 Å². The van der Waals surface area contributed by atoms with E-state index in [0.29, 0.717) is 38.1 Å². The van der Waals surface area contributed by atoms with Crippen LogP contribution in [0.15, 0.2) is 58.9 Å². The standard InChI is InChI=1S/C24H25Cl2N5OS/c1-4-5-12-33-24-29-23-27-15(3)20(22(32)28-17-9-6-14(2)7-10-17)21(31(23)30-24)18-11-8-16(25)13-19(18)26/h6-11,13,21H,4-5,12H2,1-3H3,(H,28,32)(H,27,29,30). The van der Waals surface area contributed by atoms with Crippen LogP contribution in [0.3, 0.4) is 0 Å². The van der Waals surface area contributed by atoms with Gasteiger partial charge in [-0.15, -0.1) is 5.10 Å². The summed E-state index contributed by atoms with van der Waals surface area (Å²) in [5, 5.41) is 12.6. The Balaban J connectivity index is 1.75. The second-order valence-electron chi connectivity index (χ2n) is 7.92. The van der Waals surface area contributed by atoms with Crippen LogP contribution >= 0.6 is 35.0 Å². The summed E-state index contributed by atoms with van der Waals surface area (Å²) in [4.78, 5) is 18.2. The van der Waals surface area contributed by atoms with Gasteiger partial charge in [-0.05, 0) is 44.5 Å². The molecule has 0 bridgehead atoms. The van der Waals surface area contributed by atoms with Crippen molar-refractivity contribution in [3.05, 3.63) is 74.9 Å². The fourth-order valence-corrected chi connectivity index (χ4v) is 5.06. The van der Waals surface area contributed by atoms with E-state index in [9.17, 15) is 4.79 Å². The third-order valence-corrected chi connectivity index (χ3v) is 6.86. The number of carbonyl (C=O) groups excluding carboxylic acids is 1. The molecule has 0 fully saturated rings. The molecular formula is C24H25Cl2N5OS. The molecule has 0 saturated heterocycles. The molecule has 1 atom stereocenters. The summed E-state index contributed by atoms with van der Waals surface area (Å²) in [5.41, 5.74) is 3.77. The normalized spacial score (nSPS) is 15.2. The number of hydrogen-bond donors (Lipinski definition) is 2. The molecule has 0 aliphatic carbocycles. The van der Waals surface area contributed by atoms with Crippen LogP contribution in [-0.4, -0.2) is 26.4 Å². The predicted molar refractivity (Wildman–Crippen MR) is 136 cm³/mol. The first-order valence-electron chi connectivity index (χ1n) is 10.8. The van der Waals surface area contributed by atoms with E-state index >= 15 is 0 Å². The predicted octanol–water partition coefficient (Wildman–Crippen LogP) is 6.71. The lowest BCUT2D eigenvalue weighted by Crippen LogP contribution is -2.31. The van der Waals surface area contributed by atoms with Gasteiger partial charge in [0.2, 0.25) is 11.1 Å². The van der Waals surface area contributed by atoms with E-state index in [1.807, 2.05) is 44.2 Å². The molecule has 172 valence electrons. The molecule has 6 nitrogen and oxygen atoms in total. The van der Waals surface area contributed by atoms with Crippen molar-refractivity contribution in [2.45, 2.75) is 44.8 Å². The molecule has 2 heterocycles. The Morgan fingerprint density at radius 2 is 1.94 bits per heavy atom. The molecule has 2 aromatic carbocycles. The van der Waals surface area contributed by atoms with Crippen molar-refractivity contribution >= 4 is 52.5 Å². The van der Waals surface area contributed by atoms with Gasteiger partial charge in [0.05, 0.1) is 5.57 Å². The van der Waals surface area contributed by atoms with E-state index in [-0.39, 0.29) is 5.91 Å². The molecule has 9 heteroatoms. The van der Waals surface area contributed by atoms with Crippen LogP contribution in [-0.2, 0) is 4.79 Å². The Hall–Kier alpha value is -2.48. The maximum absolute atomic E-state index is 13.5. The second kappa shape index (κ2) is 10.2. The van der Waals surface area contributed by atoms with Gasteiger partial charge in [-0.1, -0.05) is 72.1 Å². The quantitative estimate of drug-likeness (QED) is 0.278. The lowest BCUT2D eigenvalue weighted by molar-refractivity contribution is -0.113. The number of aryl methyl sites for hydroxylation is 1. The molecule has 0 radical (unpaired) electrons. The monoisotopic (exact) mass is 501 g/mol. The lowest BCUT2D eigenvalue weighted by atomic mass is 9.95. The van der Waals surface area contributed by atoms with Gasteiger partial charge in [0.1, 0.15) is 6.04 Å². The number of rotatable bonds is 7. The van der Waals surface area contributed by atoms with Crippen molar-refractivity contribution in [3.8, 4) is 0 Å². The van der Waals surface area contributed by atoms with E-state index in [2.05, 4.69) is 22.5 Å². The Bertz CT molecular complexity index is 1210. The first-order valence-corrected chi connectivity index (χ1v) is 12.5. The minimum absolute atomic E-state index is 0.235. The third kappa shape index (κ3) is 5.21. The molecule has 1 aromatic heterocycles. The first-order chi connectivity index (χ1) is 15.9. The van der Waals surface area contributed by atoms with Crippen LogP contribution in [0.2, 0.25) is 10.0 Å². The van der Waals surface area contributed by atoms with E-state index in [0.717, 1.165) is 29.7 Å². The lowest BCUT2D eigenvalue weighted by Gasteiger charge is -2.29. The number of allylic oxidation sites excluding steroid dienone is 1. The van der Waals surface area contributed by atoms with Gasteiger partial charge in [0.25, 0.3) is 5.91 Å². The van der Waals surface area contributed by atoms with Crippen LogP contribution in [0.1, 0.15) is 43.9 Å². The highest BCUT2D eigenvalue weighted by molar-refractivity contribution is 7.99. The van der Waals surface area contributed by atoms with Crippen LogP contribution in [0, 0.1) is 6.92 Å². The SMILES string of the molecule is CCCCSc1nc2n(n1)C(c1ccc(Cl)cc1Cl)C(C(=O)Nc1ccc(C)cc1)=C(C)N2. The summed E-state index contributed by atoms with van der Waals surface area (Å²) < 4.78 is 1.74. The zero-order valence-corrected chi connectivity index (χ0v) is 21.0. The minimum atomic E-state index is -0.551. The van der Waals surface area contributed by atoms with Gasteiger partial charge in [-0.2, -0.15) is 4.98 Å². The average Bonchev–Trinajstić information content (AvgIpc) is 3.17. The molecule has 2 N–H and O–H groups in total. The second-order valence-corrected chi connectivity index (χ2v) is 9.82. The molecule has 1 unspecified atom stereocenters. The van der Waals surface area contributed by atoms with Gasteiger partial charge in [-0.3, -0.25) is 4.79 Å². The number of halogens is 2. The zero-order valence-electron chi connectivity index (χ0n) is 18.7. The Morgan fingerprint density at radius 1 is 1.18 bits per heavy atom. The molecule has 1 aliphatic rings. The number of anilines is 2. The summed E-state index contributed by atoms with van der Waals surface area (Å²) in [6.07, 6.45) is 2.18. The fourth-order valence-electron chi connectivity index (χ4n) is 3.64. The van der Waals surface area contributed by atoms with E-state index in [1.165, 1.54) is 0 Å². The number of hydrogen-bond acceptors (Lipinski definition) is 5. The van der Waals surface area contributed by atoms with Crippen molar-refractivity contribution in [2.24, 2.45) is 0 Å². The average molecular weight is 502 g/mol. The first kappa shape index (κ1) is 23.7. The van der Waals surface area contributed by atoms with Crippen molar-refractivity contribution in [1.29, 1.82) is 0 Å². The minimum Gasteiger partial charge on any atom is -0.328 e. The van der Waals surface area contributed by atoms with Crippen molar-refractivity contribution in [3.63, 3.8) is 0 Å². The van der Waals surface area contributed by atoms with Crippen LogP contribution < -0.4 is 10.6 Å². The number of thioether (sulfide) groups is 1. The van der Waals surface area contributed by atoms with Crippen LogP contribution in [0.4, 0.5) is 11.6 Å². The van der Waals surface area contributed by atoms with Crippen molar-refractivity contribution < 1.29 is 4.79 Å². The molecule has 1 aliphatic heterocycles. The molecular weight excluding hydrogens is 477 g/mol. The van der Waals surface area contributed by atoms with Gasteiger partial charge in [0, 0.05) is 32.7 Å². The smallest absolute Gasteiger partial charge is 0.255 e. The van der Waals surface area contributed by atoms with E-state index in [4.69, 9.17) is 28.3 Å². The highest BCUT2D eigenvalue weighted by Crippen LogP contribution is 2.40. The Labute approximate surface area is 207 Å². The number of benzene rings is 2. The van der Waals surface area contributed by atoms with Gasteiger partial charge in [0.15, 0.2) is 0 Å². The summed E-state index contributed by atoms with van der Waals surface area (Å²) in [6.45, 7) is 6.02. The number of nitrogens with one attached hydrogen (secondary N) is 2. The molecule has 0 spiro atoms. The molecule has 33 heavy (non-hydrogen) atoms. The summed E-state index contributed by atoms with van der Waals surface area (Å²) >= 11 is 14.4. The molecule has 3 aromatic rings. The van der Waals surface area contributed by atoms with Crippen molar-refractivity contribution in [2.75, 3.05) is 16.4 Å². The Morgan fingerprint density at radius 3 is 2.64 bits per heavy atom. The number of carbonyl (C=O) groups is 1. The number of amides is 1. The summed E-state index contributed by atoms with van der Waals surface area (Å²) in [6, 6.07) is 12.4. The molecule has 1 amide bonds.